The Morgan fingerprint density at radius 2 is 1.91 bits per heavy atom. The lowest BCUT2D eigenvalue weighted by Gasteiger charge is -2.23. The smallest absolute Gasteiger partial charge is 0.254 e. The lowest BCUT2D eigenvalue weighted by Crippen LogP contribution is -2.31. The Bertz CT molecular complexity index is 1190. The molecule has 0 atom stereocenters. The lowest BCUT2D eigenvalue weighted by atomic mass is 10.1. The minimum absolute atomic E-state index is 0.0612. The maximum Gasteiger partial charge on any atom is 0.254 e. The maximum atomic E-state index is 13.5. The molecule has 0 spiro atoms. The molecule has 0 aliphatic carbocycles. The average Bonchev–Trinajstić information content (AvgIpc) is 3.27. The van der Waals surface area contributed by atoms with Crippen LogP contribution in [0.4, 0.5) is 0 Å². The molecule has 0 saturated carbocycles. The van der Waals surface area contributed by atoms with E-state index in [1.165, 1.54) is 0 Å². The Labute approximate surface area is 193 Å². The molecule has 32 heavy (non-hydrogen) atoms. The topological polar surface area (TPSA) is 57.0 Å². The molecule has 2 aromatic heterocycles. The van der Waals surface area contributed by atoms with Crippen LogP contribution in [0.3, 0.4) is 0 Å². The second-order valence-electron chi connectivity index (χ2n) is 9.01. The van der Waals surface area contributed by atoms with Crippen LogP contribution < -0.4 is 0 Å². The molecular weight excluding hydrogens is 424 g/mol. The molecule has 5 rings (SSSR count). The molecule has 2 aliphatic rings. The maximum absolute atomic E-state index is 13.5. The minimum atomic E-state index is 0.0612. The van der Waals surface area contributed by atoms with Crippen molar-refractivity contribution >= 4 is 23.2 Å². The molecule has 1 fully saturated rings. The summed E-state index contributed by atoms with van der Waals surface area (Å²) in [4.78, 5) is 24.9. The molecule has 1 amide bonds. The Hall–Kier alpha value is -2.48. The van der Waals surface area contributed by atoms with Crippen molar-refractivity contribution in [3.05, 3.63) is 63.1 Å². The van der Waals surface area contributed by atoms with Crippen LogP contribution in [0.25, 0.3) is 5.65 Å². The van der Waals surface area contributed by atoms with E-state index in [9.17, 15) is 4.79 Å². The molecule has 4 heterocycles. The van der Waals surface area contributed by atoms with E-state index in [4.69, 9.17) is 16.7 Å². The van der Waals surface area contributed by atoms with E-state index >= 15 is 0 Å². The monoisotopic (exact) mass is 452 g/mol. The second kappa shape index (κ2) is 8.46. The fraction of sp³-hybridized carbons (Fsp3) is 0.458. The van der Waals surface area contributed by atoms with Crippen LogP contribution in [0.1, 0.15) is 45.0 Å². The Morgan fingerprint density at radius 3 is 2.75 bits per heavy atom. The van der Waals surface area contributed by atoms with Crippen molar-refractivity contribution in [1.29, 1.82) is 0 Å². The zero-order chi connectivity index (χ0) is 22.4. The van der Waals surface area contributed by atoms with Crippen LogP contribution in [-0.4, -0.2) is 68.4 Å². The molecule has 1 saturated heterocycles. The van der Waals surface area contributed by atoms with Gasteiger partial charge in [-0.15, -0.1) is 0 Å². The Morgan fingerprint density at radius 1 is 1.09 bits per heavy atom. The average molecular weight is 453 g/mol. The molecular formula is C24H29ClN6O. The van der Waals surface area contributed by atoms with Gasteiger partial charge in [0.2, 0.25) is 0 Å². The van der Waals surface area contributed by atoms with Crippen molar-refractivity contribution in [3.8, 4) is 0 Å². The quantitative estimate of drug-likeness (QED) is 0.610. The summed E-state index contributed by atoms with van der Waals surface area (Å²) in [7, 11) is 2.17. The number of hydrogen-bond donors (Lipinski definition) is 0. The largest absolute Gasteiger partial charge is 0.328 e. The molecule has 7 nitrogen and oxygen atoms in total. The number of hydrogen-bond acceptors (Lipinski definition) is 5. The first-order chi connectivity index (χ1) is 15.4. The molecule has 2 aliphatic heterocycles. The molecule has 8 heteroatoms. The van der Waals surface area contributed by atoms with Crippen LogP contribution >= 0.6 is 11.6 Å². The van der Waals surface area contributed by atoms with Gasteiger partial charge in [-0.2, -0.15) is 5.10 Å². The van der Waals surface area contributed by atoms with Crippen molar-refractivity contribution in [2.45, 2.75) is 39.9 Å². The number of benzene rings is 1. The van der Waals surface area contributed by atoms with Crippen molar-refractivity contribution in [3.63, 3.8) is 0 Å². The van der Waals surface area contributed by atoms with Crippen LogP contribution in [0.15, 0.2) is 24.3 Å². The molecule has 0 N–H and O–H groups in total. The third-order valence-electron chi connectivity index (χ3n) is 6.70. The van der Waals surface area contributed by atoms with E-state index in [1.54, 1.807) is 0 Å². The first kappa shape index (κ1) is 21.4. The fourth-order valence-electron chi connectivity index (χ4n) is 4.79. The first-order valence-electron chi connectivity index (χ1n) is 11.2. The summed E-state index contributed by atoms with van der Waals surface area (Å²) in [6.07, 6.45) is 1.16. The number of halogens is 1. The summed E-state index contributed by atoms with van der Waals surface area (Å²) in [6, 6.07) is 8.03. The second-order valence-corrected chi connectivity index (χ2v) is 9.39. The highest BCUT2D eigenvalue weighted by atomic mass is 35.5. The third kappa shape index (κ3) is 3.78. The van der Waals surface area contributed by atoms with E-state index in [0.29, 0.717) is 18.1 Å². The summed E-state index contributed by atoms with van der Waals surface area (Å²) >= 11 is 6.36. The molecule has 0 radical (unpaired) electrons. The van der Waals surface area contributed by atoms with Gasteiger partial charge in [-0.05, 0) is 52.0 Å². The highest BCUT2D eigenvalue weighted by molar-refractivity contribution is 6.31. The van der Waals surface area contributed by atoms with Crippen molar-refractivity contribution < 1.29 is 4.79 Å². The summed E-state index contributed by atoms with van der Waals surface area (Å²) in [5.74, 6) is 0.0612. The summed E-state index contributed by atoms with van der Waals surface area (Å²) in [5, 5.41) is 5.36. The van der Waals surface area contributed by atoms with Gasteiger partial charge in [0, 0.05) is 30.8 Å². The van der Waals surface area contributed by atoms with E-state index in [0.717, 1.165) is 78.6 Å². The first-order valence-corrected chi connectivity index (χ1v) is 11.6. The van der Waals surface area contributed by atoms with E-state index in [1.807, 2.05) is 41.5 Å². The summed E-state index contributed by atoms with van der Waals surface area (Å²) in [6.45, 7) is 9.96. The number of likely N-dealkylation sites (N-methyl/N-ethyl adjacent to an activating group) is 1. The molecule has 0 unspecified atom stereocenters. The fourth-order valence-corrected chi connectivity index (χ4v) is 4.92. The standard InChI is InChI=1S/C24H29ClN6O/c1-16-22(25)17(2)31-23(26-16)20-14-30(15-21(20)27-31)24(32)19-8-5-4-7-18(19)13-29-10-6-9-28(3)11-12-29/h4-5,7-8H,6,9-15H2,1-3H3. The third-order valence-corrected chi connectivity index (χ3v) is 7.24. The number of carbonyl (C=O) groups excluding carboxylic acids is 1. The number of nitrogens with zero attached hydrogens (tertiary/aromatic N) is 6. The van der Waals surface area contributed by atoms with Crippen LogP contribution in [-0.2, 0) is 19.6 Å². The highest BCUT2D eigenvalue weighted by Gasteiger charge is 2.31. The molecule has 0 bridgehead atoms. The number of amides is 1. The summed E-state index contributed by atoms with van der Waals surface area (Å²) in [5.41, 5.74) is 6.29. The van der Waals surface area contributed by atoms with E-state index in [-0.39, 0.29) is 5.91 Å². The van der Waals surface area contributed by atoms with Crippen LogP contribution in [0.5, 0.6) is 0 Å². The minimum Gasteiger partial charge on any atom is -0.328 e. The van der Waals surface area contributed by atoms with Gasteiger partial charge in [0.1, 0.15) is 0 Å². The highest BCUT2D eigenvalue weighted by Crippen LogP contribution is 2.30. The summed E-state index contributed by atoms with van der Waals surface area (Å²) < 4.78 is 1.81. The molecule has 3 aromatic rings. The van der Waals surface area contributed by atoms with Gasteiger partial charge >= 0.3 is 0 Å². The number of rotatable bonds is 3. The Kier molecular flexibility index (Phi) is 5.65. The van der Waals surface area contributed by atoms with Gasteiger partial charge in [-0.25, -0.2) is 9.50 Å². The van der Waals surface area contributed by atoms with Gasteiger partial charge in [0.25, 0.3) is 5.91 Å². The number of aryl methyl sites for hydroxylation is 2. The zero-order valence-electron chi connectivity index (χ0n) is 18.9. The van der Waals surface area contributed by atoms with Gasteiger partial charge in [-0.1, -0.05) is 29.8 Å². The van der Waals surface area contributed by atoms with Crippen molar-refractivity contribution in [1.82, 2.24) is 29.3 Å². The van der Waals surface area contributed by atoms with Crippen molar-refractivity contribution in [2.75, 3.05) is 33.2 Å². The van der Waals surface area contributed by atoms with E-state index < -0.39 is 0 Å². The van der Waals surface area contributed by atoms with Gasteiger partial charge in [0.15, 0.2) is 5.65 Å². The van der Waals surface area contributed by atoms with Gasteiger partial charge < -0.3 is 9.80 Å². The van der Waals surface area contributed by atoms with Crippen molar-refractivity contribution in [2.24, 2.45) is 0 Å². The molecule has 1 aromatic carbocycles. The Balaban J connectivity index is 1.38. The number of fused-ring (bicyclic) bond motifs is 3. The predicted molar refractivity (Wildman–Crippen MR) is 125 cm³/mol. The SMILES string of the molecule is Cc1nc2c3c(nn2c(C)c1Cl)CN(C(=O)c1ccccc1CN1CCCN(C)CC1)C3. The van der Waals surface area contributed by atoms with Gasteiger partial charge in [-0.3, -0.25) is 9.69 Å². The van der Waals surface area contributed by atoms with E-state index in [2.05, 4.69) is 27.9 Å². The number of aromatic nitrogens is 3. The zero-order valence-corrected chi connectivity index (χ0v) is 19.7. The number of carbonyl (C=O) groups is 1. The van der Waals surface area contributed by atoms with Crippen LogP contribution in [0.2, 0.25) is 5.02 Å². The molecule has 168 valence electrons. The van der Waals surface area contributed by atoms with Gasteiger partial charge in [0.05, 0.1) is 35.2 Å². The van der Waals surface area contributed by atoms with Crippen LogP contribution in [0, 0.1) is 13.8 Å². The predicted octanol–water partition coefficient (Wildman–Crippen LogP) is 3.29. The lowest BCUT2D eigenvalue weighted by molar-refractivity contribution is 0.0747. The normalized spacial score (nSPS) is 17.7.